The highest BCUT2D eigenvalue weighted by atomic mass is 35.5. The van der Waals surface area contributed by atoms with Gasteiger partial charge in [0, 0.05) is 23.7 Å². The molecule has 3 N–H and O–H groups in total. The van der Waals surface area contributed by atoms with E-state index in [2.05, 4.69) is 10.6 Å². The van der Waals surface area contributed by atoms with E-state index in [0.29, 0.717) is 30.3 Å². The molecule has 2 rings (SSSR count). The van der Waals surface area contributed by atoms with Crippen molar-refractivity contribution in [2.45, 2.75) is 38.1 Å². The molecule has 0 aliphatic rings. The predicted octanol–water partition coefficient (Wildman–Crippen LogP) is 4.16. The van der Waals surface area contributed by atoms with E-state index >= 15 is 0 Å². The van der Waals surface area contributed by atoms with Gasteiger partial charge < -0.3 is 15.4 Å². The Hall–Kier alpha value is -2.64. The molecule has 10 heteroatoms. The Morgan fingerprint density at radius 1 is 1.25 bits per heavy atom. The van der Waals surface area contributed by atoms with Crippen LogP contribution in [0.2, 0.25) is 5.02 Å². The fourth-order valence-corrected chi connectivity index (χ4v) is 4.78. The largest absolute Gasteiger partial charge is 0.493 e. The van der Waals surface area contributed by atoms with Gasteiger partial charge in [0.05, 0.1) is 18.0 Å². The molecule has 194 valence electrons. The van der Waals surface area contributed by atoms with E-state index in [0.717, 1.165) is 23.3 Å². The van der Waals surface area contributed by atoms with Gasteiger partial charge in [0.2, 0.25) is 10.0 Å². The number of terminal acetylenes is 1. The van der Waals surface area contributed by atoms with Crippen LogP contribution in [0.4, 0.5) is 0 Å². The summed E-state index contributed by atoms with van der Waals surface area (Å²) < 4.78 is 32.7. The topological polar surface area (TPSA) is 102 Å². The molecule has 0 atom stereocenters. The fourth-order valence-electron chi connectivity index (χ4n) is 3.21. The van der Waals surface area contributed by atoms with Crippen LogP contribution in [0.15, 0.2) is 58.5 Å². The van der Waals surface area contributed by atoms with Gasteiger partial charge in [-0.1, -0.05) is 43.5 Å². The number of ether oxygens (including phenoxy) is 1. The van der Waals surface area contributed by atoms with Gasteiger partial charge in [0.25, 0.3) is 5.91 Å². The standard InChI is InChI=1S/C26H32ClN3O4S2/c1-4-14-29-36(32,33)23-10-7-20(8-11-23)13-15-30(26(31)24(28)19-35-6-3)18-21-17-22(27)9-12-25(21)34-16-5-2/h1,7-12,17,19,29H,5-6,13-16,18,28H2,2-3H3/b24-19-. The number of thioether (sulfide) groups is 1. The first-order chi connectivity index (χ1) is 17.2. The molecule has 0 heterocycles. The molecular formula is C26H32ClN3O4S2. The first kappa shape index (κ1) is 29.6. The van der Waals surface area contributed by atoms with Crippen molar-refractivity contribution in [3.63, 3.8) is 0 Å². The van der Waals surface area contributed by atoms with Crippen molar-refractivity contribution in [1.29, 1.82) is 0 Å². The molecule has 0 unspecified atom stereocenters. The van der Waals surface area contributed by atoms with Gasteiger partial charge >= 0.3 is 0 Å². The number of nitrogens with two attached hydrogens (primary N) is 1. The lowest BCUT2D eigenvalue weighted by Gasteiger charge is -2.24. The lowest BCUT2D eigenvalue weighted by Crippen LogP contribution is -2.35. The van der Waals surface area contributed by atoms with E-state index in [4.69, 9.17) is 28.5 Å². The zero-order valence-corrected chi connectivity index (χ0v) is 22.9. The molecule has 0 fully saturated rings. The summed E-state index contributed by atoms with van der Waals surface area (Å²) in [6.07, 6.45) is 6.47. The second-order valence-corrected chi connectivity index (χ2v) is 11.1. The predicted molar refractivity (Wildman–Crippen MR) is 147 cm³/mol. The summed E-state index contributed by atoms with van der Waals surface area (Å²) in [7, 11) is -3.67. The van der Waals surface area contributed by atoms with Crippen LogP contribution >= 0.6 is 23.4 Å². The van der Waals surface area contributed by atoms with E-state index in [9.17, 15) is 13.2 Å². The van der Waals surface area contributed by atoms with Gasteiger partial charge in [-0.05, 0) is 59.9 Å². The number of nitrogens with zero attached hydrogens (tertiary/aromatic N) is 1. The van der Waals surface area contributed by atoms with Gasteiger partial charge in [0.15, 0.2) is 0 Å². The number of hydrogen-bond acceptors (Lipinski definition) is 6. The fraction of sp³-hybridized carbons (Fsp3) is 0.346. The Bertz CT molecular complexity index is 1190. The Labute approximate surface area is 223 Å². The Morgan fingerprint density at radius 2 is 1.97 bits per heavy atom. The Kier molecular flexibility index (Phi) is 12.2. The van der Waals surface area contributed by atoms with Crippen LogP contribution in [0, 0.1) is 12.3 Å². The maximum atomic E-state index is 13.2. The van der Waals surface area contributed by atoms with Crippen molar-refractivity contribution in [1.82, 2.24) is 9.62 Å². The third-order valence-corrected chi connectivity index (χ3v) is 7.43. The molecule has 7 nitrogen and oxygen atoms in total. The van der Waals surface area contributed by atoms with Gasteiger partial charge in [-0.25, -0.2) is 8.42 Å². The normalized spacial score (nSPS) is 11.7. The monoisotopic (exact) mass is 549 g/mol. The minimum absolute atomic E-state index is 0.0835. The molecule has 0 aromatic heterocycles. The number of hydrogen-bond donors (Lipinski definition) is 2. The average molecular weight is 550 g/mol. The number of halogens is 1. The molecule has 0 radical (unpaired) electrons. The number of rotatable bonds is 14. The van der Waals surface area contributed by atoms with E-state index in [1.807, 2.05) is 13.8 Å². The number of benzene rings is 2. The van der Waals surface area contributed by atoms with Crippen LogP contribution in [0.1, 0.15) is 31.4 Å². The summed E-state index contributed by atoms with van der Waals surface area (Å²) in [6, 6.07) is 11.8. The number of carbonyl (C=O) groups is 1. The summed E-state index contributed by atoms with van der Waals surface area (Å²) >= 11 is 7.69. The zero-order chi connectivity index (χ0) is 26.6. The number of nitrogens with one attached hydrogen (secondary N) is 1. The smallest absolute Gasteiger partial charge is 0.270 e. The molecule has 0 aliphatic heterocycles. The first-order valence-corrected chi connectivity index (χ1v) is 14.4. The van der Waals surface area contributed by atoms with E-state index < -0.39 is 10.0 Å². The van der Waals surface area contributed by atoms with Crippen LogP contribution in [-0.4, -0.2) is 44.7 Å². The molecule has 0 saturated carbocycles. The van der Waals surface area contributed by atoms with Crippen LogP contribution in [-0.2, 0) is 27.8 Å². The third-order valence-electron chi connectivity index (χ3n) is 5.02. The summed E-state index contributed by atoms with van der Waals surface area (Å²) in [4.78, 5) is 15.0. The van der Waals surface area contributed by atoms with E-state index in [1.165, 1.54) is 23.9 Å². The molecule has 2 aromatic rings. The van der Waals surface area contributed by atoms with Crippen molar-refractivity contribution in [3.8, 4) is 18.1 Å². The van der Waals surface area contributed by atoms with Crippen molar-refractivity contribution in [3.05, 3.63) is 69.7 Å². The van der Waals surface area contributed by atoms with E-state index in [-0.39, 0.29) is 29.6 Å². The summed E-state index contributed by atoms with van der Waals surface area (Å²) in [5, 5.41) is 2.20. The van der Waals surface area contributed by atoms with Crippen molar-refractivity contribution in [2.75, 3.05) is 25.4 Å². The zero-order valence-electron chi connectivity index (χ0n) is 20.5. The molecule has 0 aliphatic carbocycles. The van der Waals surface area contributed by atoms with Gasteiger partial charge in [-0.2, -0.15) is 4.72 Å². The van der Waals surface area contributed by atoms with Crippen LogP contribution in [0.5, 0.6) is 5.75 Å². The number of carbonyl (C=O) groups excluding carboxylic acids is 1. The Morgan fingerprint density at radius 3 is 2.61 bits per heavy atom. The maximum Gasteiger partial charge on any atom is 0.270 e. The average Bonchev–Trinajstić information content (AvgIpc) is 2.87. The number of sulfonamides is 1. The molecule has 36 heavy (non-hydrogen) atoms. The minimum Gasteiger partial charge on any atom is -0.493 e. The number of amides is 1. The minimum atomic E-state index is -3.67. The van der Waals surface area contributed by atoms with Crippen LogP contribution in [0.3, 0.4) is 0 Å². The molecule has 2 aromatic carbocycles. The lowest BCUT2D eigenvalue weighted by molar-refractivity contribution is -0.127. The second-order valence-electron chi connectivity index (χ2n) is 7.78. The summed E-state index contributed by atoms with van der Waals surface area (Å²) in [6.45, 7) is 5.07. The van der Waals surface area contributed by atoms with Gasteiger partial charge in [-0.15, -0.1) is 18.2 Å². The van der Waals surface area contributed by atoms with Gasteiger partial charge in [-0.3, -0.25) is 4.79 Å². The van der Waals surface area contributed by atoms with Gasteiger partial charge in [0.1, 0.15) is 11.4 Å². The maximum absolute atomic E-state index is 13.2. The molecule has 0 spiro atoms. The van der Waals surface area contributed by atoms with Crippen LogP contribution in [0.25, 0.3) is 0 Å². The SMILES string of the molecule is C#CCNS(=O)(=O)c1ccc(CCN(Cc2cc(Cl)ccc2OCCC)C(=O)/C(N)=C/SCC)cc1. The first-order valence-electron chi connectivity index (χ1n) is 11.5. The lowest BCUT2D eigenvalue weighted by atomic mass is 10.1. The molecular weight excluding hydrogens is 518 g/mol. The highest BCUT2D eigenvalue weighted by molar-refractivity contribution is 8.02. The second kappa shape index (κ2) is 14.8. The molecule has 0 saturated heterocycles. The Balaban J connectivity index is 2.25. The summed E-state index contributed by atoms with van der Waals surface area (Å²) in [5.74, 6) is 3.41. The quantitative estimate of drug-likeness (QED) is 0.271. The van der Waals surface area contributed by atoms with E-state index in [1.54, 1.807) is 40.6 Å². The highest BCUT2D eigenvalue weighted by Gasteiger charge is 2.19. The third kappa shape index (κ3) is 9.10. The molecule has 1 amide bonds. The van der Waals surface area contributed by atoms with Crippen LogP contribution < -0.4 is 15.2 Å². The molecule has 0 bridgehead atoms. The van der Waals surface area contributed by atoms with Crippen molar-refractivity contribution < 1.29 is 17.9 Å². The summed E-state index contributed by atoms with van der Waals surface area (Å²) in [5.41, 5.74) is 7.88. The van der Waals surface area contributed by atoms with Crippen molar-refractivity contribution >= 4 is 39.3 Å². The van der Waals surface area contributed by atoms with Crippen molar-refractivity contribution in [2.24, 2.45) is 5.73 Å². The highest BCUT2D eigenvalue weighted by Crippen LogP contribution is 2.25.